The second-order valence-electron chi connectivity index (χ2n) is 5.32. The van der Waals surface area contributed by atoms with Gasteiger partial charge in [-0.1, -0.05) is 6.42 Å². The predicted octanol–water partition coefficient (Wildman–Crippen LogP) is 0.918. The van der Waals surface area contributed by atoms with Gasteiger partial charge >= 0.3 is 12.0 Å². The van der Waals surface area contributed by atoms with Crippen LogP contribution >= 0.6 is 0 Å². The van der Waals surface area contributed by atoms with Gasteiger partial charge in [0.1, 0.15) is 5.92 Å². The molecule has 0 aromatic heterocycles. The third kappa shape index (κ3) is 3.18. The lowest BCUT2D eigenvalue weighted by atomic mass is 9.85. The summed E-state index contributed by atoms with van der Waals surface area (Å²) >= 11 is 0. The number of aliphatic carboxylic acids is 1. The number of likely N-dealkylation sites (N-methyl/N-ethyl adjacent to an activating group) is 1. The lowest BCUT2D eigenvalue weighted by Crippen LogP contribution is -2.51. The molecule has 2 N–H and O–H groups in total. The molecule has 6 nitrogen and oxygen atoms in total. The summed E-state index contributed by atoms with van der Waals surface area (Å²) in [5.74, 6) is -0.917. The van der Waals surface area contributed by atoms with E-state index in [1.54, 1.807) is 4.90 Å². The highest BCUT2D eigenvalue weighted by Crippen LogP contribution is 2.25. The Labute approximate surface area is 113 Å². The zero-order chi connectivity index (χ0) is 13.8. The first kappa shape index (κ1) is 14.1. The van der Waals surface area contributed by atoms with Gasteiger partial charge in [0.25, 0.3) is 0 Å². The maximum Gasteiger partial charge on any atom is 0.317 e. The van der Waals surface area contributed by atoms with E-state index in [-0.39, 0.29) is 18.7 Å². The Morgan fingerprint density at radius 3 is 2.63 bits per heavy atom. The van der Waals surface area contributed by atoms with Crippen LogP contribution in [0, 0.1) is 11.8 Å². The van der Waals surface area contributed by atoms with E-state index in [2.05, 4.69) is 5.32 Å². The van der Waals surface area contributed by atoms with E-state index in [9.17, 15) is 9.59 Å². The Bertz CT molecular complexity index is 344. The van der Waals surface area contributed by atoms with Crippen LogP contribution in [0.15, 0.2) is 0 Å². The number of rotatable bonds is 5. The molecule has 2 atom stereocenters. The number of hydrogen-bond acceptors (Lipinski definition) is 3. The fourth-order valence-electron chi connectivity index (χ4n) is 2.64. The highest BCUT2D eigenvalue weighted by Gasteiger charge is 2.39. The highest BCUT2D eigenvalue weighted by molar-refractivity contribution is 5.77. The summed E-state index contributed by atoms with van der Waals surface area (Å²) in [5, 5.41) is 12.0. The van der Waals surface area contributed by atoms with Gasteiger partial charge in [-0.3, -0.25) is 4.79 Å². The maximum atomic E-state index is 12.1. The van der Waals surface area contributed by atoms with Crippen LogP contribution in [0.25, 0.3) is 0 Å². The van der Waals surface area contributed by atoms with Crippen molar-refractivity contribution in [2.45, 2.75) is 32.2 Å². The molecule has 1 saturated heterocycles. The molecule has 0 spiro atoms. The Hall–Kier alpha value is -1.30. The summed E-state index contributed by atoms with van der Waals surface area (Å²) in [6, 6.07) is -0.528. The molecule has 2 rings (SSSR count). The molecule has 2 unspecified atom stereocenters. The predicted molar refractivity (Wildman–Crippen MR) is 68.9 cm³/mol. The molecule has 19 heavy (non-hydrogen) atoms. The topological polar surface area (TPSA) is 78.9 Å². The number of nitrogens with one attached hydrogen (secondary N) is 1. The zero-order valence-corrected chi connectivity index (χ0v) is 11.3. The number of nitrogens with zero attached hydrogens (tertiary/aromatic N) is 1. The number of ether oxygens (including phenoxy) is 1. The van der Waals surface area contributed by atoms with Crippen LogP contribution in [0.4, 0.5) is 4.79 Å². The summed E-state index contributed by atoms with van der Waals surface area (Å²) < 4.78 is 5.22. The SMILES string of the molecule is CCN(C(=O)NCC1CCC1)C1COCC1C(=O)O. The van der Waals surface area contributed by atoms with Crippen molar-refractivity contribution in [1.82, 2.24) is 10.2 Å². The Balaban J connectivity index is 1.89. The Morgan fingerprint density at radius 1 is 1.37 bits per heavy atom. The molecule has 2 aliphatic rings. The van der Waals surface area contributed by atoms with E-state index in [1.807, 2.05) is 6.92 Å². The van der Waals surface area contributed by atoms with Crippen molar-refractivity contribution >= 4 is 12.0 Å². The zero-order valence-electron chi connectivity index (χ0n) is 11.3. The van der Waals surface area contributed by atoms with Gasteiger partial charge < -0.3 is 20.1 Å². The molecule has 6 heteroatoms. The normalized spacial score (nSPS) is 26.8. The van der Waals surface area contributed by atoms with Crippen LogP contribution in [0.3, 0.4) is 0 Å². The molecule has 1 saturated carbocycles. The van der Waals surface area contributed by atoms with Crippen LogP contribution in [-0.2, 0) is 9.53 Å². The fraction of sp³-hybridized carbons (Fsp3) is 0.846. The minimum atomic E-state index is -0.896. The average Bonchev–Trinajstić information content (AvgIpc) is 2.77. The smallest absolute Gasteiger partial charge is 0.317 e. The summed E-state index contributed by atoms with van der Waals surface area (Å²) in [5.41, 5.74) is 0. The molecule has 1 aliphatic carbocycles. The number of carbonyl (C=O) groups excluding carboxylic acids is 1. The van der Waals surface area contributed by atoms with Crippen molar-refractivity contribution in [1.29, 1.82) is 0 Å². The van der Waals surface area contributed by atoms with Crippen LogP contribution in [0.5, 0.6) is 0 Å². The monoisotopic (exact) mass is 270 g/mol. The van der Waals surface area contributed by atoms with Crippen LogP contribution < -0.4 is 5.32 Å². The van der Waals surface area contributed by atoms with Gasteiger partial charge in [-0.05, 0) is 25.7 Å². The Morgan fingerprint density at radius 2 is 2.11 bits per heavy atom. The van der Waals surface area contributed by atoms with Crippen LogP contribution in [-0.4, -0.2) is 54.4 Å². The largest absolute Gasteiger partial charge is 0.481 e. The number of urea groups is 1. The van der Waals surface area contributed by atoms with Gasteiger partial charge in [-0.2, -0.15) is 0 Å². The summed E-state index contributed by atoms with van der Waals surface area (Å²) in [4.78, 5) is 24.9. The van der Waals surface area contributed by atoms with Crippen LogP contribution in [0.2, 0.25) is 0 Å². The number of carbonyl (C=O) groups is 2. The first-order valence-electron chi connectivity index (χ1n) is 6.98. The quantitative estimate of drug-likeness (QED) is 0.778. The van der Waals surface area contributed by atoms with Gasteiger partial charge in [0.15, 0.2) is 0 Å². The van der Waals surface area contributed by atoms with E-state index in [0.717, 1.165) is 0 Å². The Kier molecular flexibility index (Phi) is 4.63. The van der Waals surface area contributed by atoms with Gasteiger partial charge in [0, 0.05) is 13.1 Å². The lowest BCUT2D eigenvalue weighted by molar-refractivity contribution is -0.142. The minimum Gasteiger partial charge on any atom is -0.481 e. The highest BCUT2D eigenvalue weighted by atomic mass is 16.5. The van der Waals surface area contributed by atoms with Gasteiger partial charge in [-0.25, -0.2) is 4.79 Å². The van der Waals surface area contributed by atoms with Crippen LogP contribution in [0.1, 0.15) is 26.2 Å². The number of amides is 2. The molecule has 2 amide bonds. The second kappa shape index (κ2) is 6.23. The molecule has 0 aromatic carbocycles. The molecule has 2 fully saturated rings. The first-order chi connectivity index (χ1) is 9.13. The standard InChI is InChI=1S/C13H22N2O4/c1-2-15(11-8-19-7-10(11)12(16)17)13(18)14-6-9-4-3-5-9/h9-11H,2-8H2,1H3,(H,14,18)(H,16,17). The summed E-state index contributed by atoms with van der Waals surface area (Å²) in [7, 11) is 0. The number of carboxylic acid groups (broad SMARTS) is 1. The van der Waals surface area contributed by atoms with Crippen molar-refractivity contribution in [3.8, 4) is 0 Å². The van der Waals surface area contributed by atoms with E-state index in [1.165, 1.54) is 19.3 Å². The molecule has 108 valence electrons. The summed E-state index contributed by atoms with van der Waals surface area (Å²) in [6.07, 6.45) is 3.60. The van der Waals surface area contributed by atoms with Crippen molar-refractivity contribution < 1.29 is 19.4 Å². The van der Waals surface area contributed by atoms with Gasteiger partial charge in [-0.15, -0.1) is 0 Å². The van der Waals surface area contributed by atoms with Crippen molar-refractivity contribution in [3.63, 3.8) is 0 Å². The molecule has 1 aliphatic heterocycles. The van der Waals surface area contributed by atoms with E-state index < -0.39 is 11.9 Å². The average molecular weight is 270 g/mol. The minimum absolute atomic E-state index is 0.170. The third-order valence-corrected chi connectivity index (χ3v) is 4.14. The molecule has 0 bridgehead atoms. The van der Waals surface area contributed by atoms with Gasteiger partial charge in [0.05, 0.1) is 19.3 Å². The van der Waals surface area contributed by atoms with E-state index in [0.29, 0.717) is 25.6 Å². The number of hydrogen-bond donors (Lipinski definition) is 2. The van der Waals surface area contributed by atoms with Crippen molar-refractivity contribution in [2.75, 3.05) is 26.3 Å². The fourth-order valence-corrected chi connectivity index (χ4v) is 2.64. The maximum absolute atomic E-state index is 12.1. The van der Waals surface area contributed by atoms with Gasteiger partial charge in [0.2, 0.25) is 0 Å². The van der Waals surface area contributed by atoms with Crippen molar-refractivity contribution in [3.05, 3.63) is 0 Å². The molecular formula is C13H22N2O4. The molecule has 0 radical (unpaired) electrons. The molecule has 1 heterocycles. The molecular weight excluding hydrogens is 248 g/mol. The third-order valence-electron chi connectivity index (χ3n) is 4.14. The second-order valence-corrected chi connectivity index (χ2v) is 5.32. The van der Waals surface area contributed by atoms with E-state index >= 15 is 0 Å². The first-order valence-corrected chi connectivity index (χ1v) is 6.98. The lowest BCUT2D eigenvalue weighted by Gasteiger charge is -2.31. The van der Waals surface area contributed by atoms with Crippen molar-refractivity contribution in [2.24, 2.45) is 11.8 Å². The van der Waals surface area contributed by atoms with E-state index in [4.69, 9.17) is 9.84 Å². The molecule has 0 aromatic rings. The number of carboxylic acids is 1. The summed E-state index contributed by atoms with van der Waals surface area (Å²) in [6.45, 7) is 3.54.